The Balaban J connectivity index is 0.000000151. The molecule has 136 valence electrons. The van der Waals surface area contributed by atoms with Gasteiger partial charge in [-0.25, -0.2) is 4.98 Å². The van der Waals surface area contributed by atoms with Gasteiger partial charge in [-0.2, -0.15) is 0 Å². The van der Waals surface area contributed by atoms with Gasteiger partial charge in [0.2, 0.25) is 0 Å². The van der Waals surface area contributed by atoms with Crippen LogP contribution in [-0.4, -0.2) is 16.0 Å². The van der Waals surface area contributed by atoms with Crippen LogP contribution in [-0.2, 0) is 12.8 Å². The van der Waals surface area contributed by atoms with E-state index >= 15 is 0 Å². The molecular formula is C23H29N3. The van der Waals surface area contributed by atoms with Gasteiger partial charge in [-0.3, -0.25) is 4.98 Å². The average Bonchev–Trinajstić information content (AvgIpc) is 2.69. The summed E-state index contributed by atoms with van der Waals surface area (Å²) in [6.07, 6.45) is 9.11. The Labute approximate surface area is 156 Å². The van der Waals surface area contributed by atoms with E-state index in [1.165, 1.54) is 36.9 Å². The van der Waals surface area contributed by atoms with E-state index in [1.807, 2.05) is 30.5 Å². The Morgan fingerprint density at radius 2 is 1.73 bits per heavy atom. The van der Waals surface area contributed by atoms with Crippen LogP contribution < -0.4 is 5.32 Å². The van der Waals surface area contributed by atoms with Gasteiger partial charge in [0.25, 0.3) is 0 Å². The van der Waals surface area contributed by atoms with Crippen molar-refractivity contribution in [2.75, 3.05) is 5.32 Å². The first kappa shape index (κ1) is 18.4. The molecule has 4 rings (SSSR count). The number of hydrogen-bond acceptors (Lipinski definition) is 3. The first-order valence-electron chi connectivity index (χ1n) is 9.85. The third kappa shape index (κ3) is 4.81. The molecule has 0 fully saturated rings. The van der Waals surface area contributed by atoms with Crippen LogP contribution in [0.25, 0.3) is 11.0 Å². The third-order valence-corrected chi connectivity index (χ3v) is 4.78. The van der Waals surface area contributed by atoms with Gasteiger partial charge >= 0.3 is 0 Å². The molecule has 3 aromatic rings. The summed E-state index contributed by atoms with van der Waals surface area (Å²) in [7, 11) is 0. The lowest BCUT2D eigenvalue weighted by Crippen LogP contribution is -2.24. The minimum absolute atomic E-state index is 0.708. The Bertz CT molecular complexity index is 828. The molecule has 3 heteroatoms. The molecule has 0 radical (unpaired) electrons. The van der Waals surface area contributed by atoms with Gasteiger partial charge < -0.3 is 5.32 Å². The molecule has 0 aliphatic carbocycles. The molecule has 1 atom stereocenters. The highest BCUT2D eigenvalue weighted by atomic mass is 14.9. The first-order chi connectivity index (χ1) is 12.8. The number of aryl methyl sites for hydroxylation is 2. The molecular weight excluding hydrogens is 318 g/mol. The lowest BCUT2D eigenvalue weighted by molar-refractivity contribution is 0.579. The van der Waals surface area contributed by atoms with E-state index in [4.69, 9.17) is 0 Å². The van der Waals surface area contributed by atoms with Crippen LogP contribution in [0.15, 0.2) is 54.7 Å². The van der Waals surface area contributed by atoms with Crippen LogP contribution in [0.2, 0.25) is 0 Å². The fourth-order valence-corrected chi connectivity index (χ4v) is 3.44. The Kier molecular flexibility index (Phi) is 6.59. The minimum Gasteiger partial charge on any atom is -0.382 e. The Morgan fingerprint density at radius 1 is 0.962 bits per heavy atom. The molecule has 1 aromatic heterocycles. The van der Waals surface area contributed by atoms with E-state index in [0.29, 0.717) is 6.04 Å². The largest absolute Gasteiger partial charge is 0.382 e. The Hall–Kier alpha value is -2.42. The van der Waals surface area contributed by atoms with E-state index < -0.39 is 0 Å². The maximum atomic E-state index is 4.50. The number of para-hydroxylation sites is 3. The van der Waals surface area contributed by atoms with Crippen molar-refractivity contribution in [3.05, 3.63) is 66.0 Å². The zero-order valence-corrected chi connectivity index (χ0v) is 15.9. The summed E-state index contributed by atoms with van der Waals surface area (Å²) >= 11 is 0. The lowest BCUT2D eigenvalue weighted by atomic mass is 9.96. The van der Waals surface area contributed by atoms with Crippen molar-refractivity contribution in [3.63, 3.8) is 0 Å². The number of anilines is 1. The van der Waals surface area contributed by atoms with E-state index in [-0.39, 0.29) is 0 Å². The van der Waals surface area contributed by atoms with Crippen LogP contribution in [0, 0.1) is 0 Å². The molecule has 2 aromatic carbocycles. The molecule has 0 saturated carbocycles. The van der Waals surface area contributed by atoms with E-state index in [9.17, 15) is 0 Å². The highest BCUT2D eigenvalue weighted by Crippen LogP contribution is 2.25. The number of hydrogen-bond donors (Lipinski definition) is 1. The summed E-state index contributed by atoms with van der Waals surface area (Å²) < 4.78 is 0. The maximum Gasteiger partial charge on any atom is 0.0890 e. The summed E-state index contributed by atoms with van der Waals surface area (Å²) in [5.74, 6) is 0. The number of rotatable bonds is 4. The van der Waals surface area contributed by atoms with Gasteiger partial charge in [0.05, 0.1) is 16.7 Å². The SMILES string of the molecule is CCC[C@H]1CCc2ccccc2N1.CCCc1cnc2ccccc2n1. The van der Waals surface area contributed by atoms with E-state index in [2.05, 4.69) is 53.4 Å². The highest BCUT2D eigenvalue weighted by molar-refractivity contribution is 5.73. The lowest BCUT2D eigenvalue weighted by Gasteiger charge is -2.26. The number of fused-ring (bicyclic) bond motifs is 2. The summed E-state index contributed by atoms with van der Waals surface area (Å²) in [4.78, 5) is 8.84. The molecule has 0 amide bonds. The van der Waals surface area contributed by atoms with Gasteiger partial charge in [-0.1, -0.05) is 57.0 Å². The van der Waals surface area contributed by atoms with Crippen LogP contribution in [0.1, 0.15) is 50.8 Å². The van der Waals surface area contributed by atoms with E-state index in [1.54, 1.807) is 0 Å². The summed E-state index contributed by atoms with van der Waals surface area (Å²) in [6, 6.07) is 17.3. The molecule has 0 saturated heterocycles. The predicted octanol–water partition coefficient (Wildman–Crippen LogP) is 5.80. The minimum atomic E-state index is 0.708. The maximum absolute atomic E-state index is 4.50. The highest BCUT2D eigenvalue weighted by Gasteiger charge is 2.15. The molecule has 0 unspecified atom stereocenters. The monoisotopic (exact) mass is 347 g/mol. The van der Waals surface area contributed by atoms with Crippen molar-refractivity contribution in [2.24, 2.45) is 0 Å². The predicted molar refractivity (Wildman–Crippen MR) is 111 cm³/mol. The molecule has 26 heavy (non-hydrogen) atoms. The summed E-state index contributed by atoms with van der Waals surface area (Å²) in [5, 5.41) is 3.60. The van der Waals surface area contributed by atoms with Gasteiger partial charge in [0.1, 0.15) is 0 Å². The van der Waals surface area contributed by atoms with Crippen LogP contribution >= 0.6 is 0 Å². The average molecular weight is 348 g/mol. The van der Waals surface area contributed by atoms with Crippen molar-refractivity contribution in [1.82, 2.24) is 9.97 Å². The molecule has 0 bridgehead atoms. The third-order valence-electron chi connectivity index (χ3n) is 4.78. The summed E-state index contributed by atoms with van der Waals surface area (Å²) in [5.41, 5.74) is 5.89. The van der Waals surface area contributed by atoms with Gasteiger partial charge in [0, 0.05) is 17.9 Å². The molecule has 3 nitrogen and oxygen atoms in total. The molecule has 0 spiro atoms. The Morgan fingerprint density at radius 3 is 2.54 bits per heavy atom. The molecule has 2 heterocycles. The second-order valence-electron chi connectivity index (χ2n) is 6.93. The van der Waals surface area contributed by atoms with Crippen LogP contribution in [0.4, 0.5) is 5.69 Å². The van der Waals surface area contributed by atoms with Crippen LogP contribution in [0.3, 0.4) is 0 Å². The van der Waals surface area contributed by atoms with Crippen molar-refractivity contribution in [2.45, 2.75) is 58.4 Å². The van der Waals surface area contributed by atoms with Gasteiger partial charge in [0.15, 0.2) is 0 Å². The first-order valence-corrected chi connectivity index (χ1v) is 9.85. The topological polar surface area (TPSA) is 37.8 Å². The number of nitrogens with one attached hydrogen (secondary N) is 1. The van der Waals surface area contributed by atoms with Crippen molar-refractivity contribution in [3.8, 4) is 0 Å². The second kappa shape index (κ2) is 9.33. The van der Waals surface area contributed by atoms with E-state index in [0.717, 1.165) is 29.6 Å². The van der Waals surface area contributed by atoms with Crippen molar-refractivity contribution >= 4 is 16.7 Å². The van der Waals surface area contributed by atoms with Gasteiger partial charge in [-0.15, -0.1) is 0 Å². The molecule has 1 N–H and O–H groups in total. The van der Waals surface area contributed by atoms with Crippen molar-refractivity contribution in [1.29, 1.82) is 0 Å². The molecule has 1 aliphatic rings. The van der Waals surface area contributed by atoms with Crippen molar-refractivity contribution < 1.29 is 0 Å². The second-order valence-corrected chi connectivity index (χ2v) is 6.93. The zero-order chi connectivity index (χ0) is 18.2. The normalized spacial score (nSPS) is 15.5. The van der Waals surface area contributed by atoms with Crippen LogP contribution in [0.5, 0.6) is 0 Å². The summed E-state index contributed by atoms with van der Waals surface area (Å²) in [6.45, 7) is 4.40. The fraction of sp³-hybridized carbons (Fsp3) is 0.391. The number of aromatic nitrogens is 2. The smallest absolute Gasteiger partial charge is 0.0890 e. The fourth-order valence-electron chi connectivity index (χ4n) is 3.44. The zero-order valence-electron chi connectivity index (χ0n) is 15.9. The quantitative estimate of drug-likeness (QED) is 0.648. The number of benzene rings is 2. The molecule has 1 aliphatic heterocycles. The van der Waals surface area contributed by atoms with Gasteiger partial charge in [-0.05, 0) is 49.4 Å². The standard InChI is InChI=1S/C12H17N.C11H12N2/c1-2-5-11-9-8-10-6-3-4-7-12(10)13-11;1-2-5-9-8-12-10-6-3-4-7-11(10)13-9/h3-4,6-7,11,13H,2,5,8-9H2,1H3;3-4,6-8H,2,5H2,1H3/t11-;/m0./s1. The number of nitrogens with zero attached hydrogens (tertiary/aromatic N) is 2.